The second kappa shape index (κ2) is 3.84. The van der Waals surface area contributed by atoms with Crippen LogP contribution in [-0.4, -0.2) is 15.5 Å². The number of allylic oxidation sites excluding steroid dienone is 3. The molecule has 1 N–H and O–H groups in total. The molecule has 0 amide bonds. The molecule has 0 heterocycles. The SMILES string of the molecule is CNOS(=O)(=O)C1=CCCC=C1.[HH]. The molecule has 0 bridgehead atoms. The Morgan fingerprint density at radius 1 is 1.58 bits per heavy atom. The van der Waals surface area contributed by atoms with E-state index < -0.39 is 10.1 Å². The first kappa shape index (κ1) is 9.44. The van der Waals surface area contributed by atoms with E-state index >= 15 is 0 Å². The van der Waals surface area contributed by atoms with Crippen molar-refractivity contribution in [2.24, 2.45) is 0 Å². The average molecular weight is 191 g/mol. The third kappa shape index (κ3) is 2.17. The second-order valence-electron chi connectivity index (χ2n) is 2.33. The summed E-state index contributed by atoms with van der Waals surface area (Å²) in [5.41, 5.74) is 2.14. The Balaban J connectivity index is 0.00000144. The summed E-state index contributed by atoms with van der Waals surface area (Å²) in [5.74, 6) is 0. The van der Waals surface area contributed by atoms with Crippen molar-refractivity contribution in [3.63, 3.8) is 0 Å². The van der Waals surface area contributed by atoms with Crippen molar-refractivity contribution >= 4 is 10.1 Å². The van der Waals surface area contributed by atoms with Gasteiger partial charge in [-0.3, -0.25) is 0 Å². The summed E-state index contributed by atoms with van der Waals surface area (Å²) < 4.78 is 26.7. The zero-order chi connectivity index (χ0) is 9.03. The summed E-state index contributed by atoms with van der Waals surface area (Å²) in [6, 6.07) is 0. The molecule has 0 saturated carbocycles. The van der Waals surface area contributed by atoms with Gasteiger partial charge in [-0.15, -0.1) is 0 Å². The van der Waals surface area contributed by atoms with Gasteiger partial charge in [0.15, 0.2) is 0 Å². The van der Waals surface area contributed by atoms with Crippen LogP contribution in [-0.2, 0) is 14.4 Å². The summed E-state index contributed by atoms with van der Waals surface area (Å²) >= 11 is 0. The van der Waals surface area contributed by atoms with Gasteiger partial charge in [0, 0.05) is 8.47 Å². The summed E-state index contributed by atoms with van der Waals surface area (Å²) in [6.07, 6.45) is 6.64. The maximum atomic E-state index is 11.2. The molecule has 0 aliphatic heterocycles. The van der Waals surface area contributed by atoms with E-state index in [9.17, 15) is 8.42 Å². The van der Waals surface area contributed by atoms with Crippen molar-refractivity contribution in [2.75, 3.05) is 7.05 Å². The number of hydrogen-bond donors (Lipinski definition) is 1. The molecule has 0 radical (unpaired) electrons. The third-order valence-corrected chi connectivity index (χ3v) is 2.71. The van der Waals surface area contributed by atoms with Crippen molar-refractivity contribution in [1.82, 2.24) is 5.48 Å². The molecule has 4 nitrogen and oxygen atoms in total. The largest absolute Gasteiger partial charge is 0.312 e. The molecule has 0 unspecified atom stereocenters. The van der Waals surface area contributed by atoms with Gasteiger partial charge >= 0.3 is 10.1 Å². The van der Waals surface area contributed by atoms with E-state index in [1.54, 1.807) is 12.2 Å². The quantitative estimate of drug-likeness (QED) is 0.675. The highest BCUT2D eigenvalue weighted by Crippen LogP contribution is 2.16. The van der Waals surface area contributed by atoms with E-state index in [2.05, 4.69) is 9.76 Å². The van der Waals surface area contributed by atoms with Gasteiger partial charge in [0.2, 0.25) is 0 Å². The molecule has 1 aliphatic carbocycles. The molecule has 0 aromatic carbocycles. The van der Waals surface area contributed by atoms with E-state index in [-0.39, 0.29) is 6.33 Å². The van der Waals surface area contributed by atoms with E-state index in [1.165, 1.54) is 7.05 Å². The van der Waals surface area contributed by atoms with Crippen LogP contribution in [0.1, 0.15) is 14.3 Å². The van der Waals surface area contributed by atoms with Crippen LogP contribution >= 0.6 is 0 Å². The van der Waals surface area contributed by atoms with E-state index in [4.69, 9.17) is 0 Å². The lowest BCUT2D eigenvalue weighted by Crippen LogP contribution is -2.17. The number of nitrogens with one attached hydrogen (secondary N) is 1. The Labute approximate surface area is 73.5 Å². The Hall–Kier alpha value is -0.650. The van der Waals surface area contributed by atoms with Gasteiger partial charge in [-0.25, -0.2) is 0 Å². The minimum Gasteiger partial charge on any atom is -0.192 e. The number of rotatable bonds is 3. The maximum absolute atomic E-state index is 11.2. The first-order chi connectivity index (χ1) is 5.67. The molecule has 0 aromatic rings. The highest BCUT2D eigenvalue weighted by molar-refractivity contribution is 7.90. The molecular weight excluding hydrogens is 178 g/mol. The van der Waals surface area contributed by atoms with Gasteiger partial charge in [0.1, 0.15) is 0 Å². The highest BCUT2D eigenvalue weighted by Gasteiger charge is 2.16. The first-order valence-corrected chi connectivity index (χ1v) is 5.04. The molecule has 1 aliphatic rings. The maximum Gasteiger partial charge on any atom is 0.312 e. The van der Waals surface area contributed by atoms with Crippen LogP contribution in [0.4, 0.5) is 0 Å². The Morgan fingerprint density at radius 2 is 2.33 bits per heavy atom. The molecule has 1 rings (SSSR count). The van der Waals surface area contributed by atoms with Crippen LogP contribution in [0.3, 0.4) is 0 Å². The molecule has 0 fully saturated rings. The van der Waals surface area contributed by atoms with E-state index in [1.807, 2.05) is 6.08 Å². The summed E-state index contributed by atoms with van der Waals surface area (Å²) in [4.78, 5) is 0.225. The number of hydroxylamine groups is 1. The van der Waals surface area contributed by atoms with Gasteiger partial charge in [-0.2, -0.15) is 18.2 Å². The van der Waals surface area contributed by atoms with Gasteiger partial charge in [-0.1, -0.05) is 12.2 Å². The molecule has 12 heavy (non-hydrogen) atoms. The average Bonchev–Trinajstić information content (AvgIpc) is 2.06. The van der Waals surface area contributed by atoms with Crippen LogP contribution in [0.2, 0.25) is 0 Å². The van der Waals surface area contributed by atoms with Crippen molar-refractivity contribution in [1.29, 1.82) is 0 Å². The van der Waals surface area contributed by atoms with Crippen molar-refractivity contribution < 1.29 is 14.1 Å². The molecule has 0 spiro atoms. The highest BCUT2D eigenvalue weighted by atomic mass is 32.2. The summed E-state index contributed by atoms with van der Waals surface area (Å²) in [7, 11) is -2.16. The molecular formula is C7H13NO3S. The fraction of sp³-hybridized carbons (Fsp3) is 0.429. The van der Waals surface area contributed by atoms with Crippen LogP contribution in [0.15, 0.2) is 23.1 Å². The Bertz CT molecular complexity index is 308. The topological polar surface area (TPSA) is 55.4 Å². The third-order valence-electron chi connectivity index (χ3n) is 1.44. The lowest BCUT2D eigenvalue weighted by Gasteiger charge is -2.06. The molecule has 0 saturated heterocycles. The fourth-order valence-electron chi connectivity index (χ4n) is 0.933. The zero-order valence-corrected chi connectivity index (χ0v) is 7.60. The first-order valence-electron chi connectivity index (χ1n) is 3.64. The Morgan fingerprint density at radius 3 is 2.83 bits per heavy atom. The Kier molecular flexibility index (Phi) is 3.02. The van der Waals surface area contributed by atoms with Gasteiger partial charge < -0.3 is 0 Å². The molecule has 5 heteroatoms. The molecule has 0 aromatic heterocycles. The van der Waals surface area contributed by atoms with Crippen LogP contribution < -0.4 is 5.48 Å². The minimum absolute atomic E-state index is 0. The zero-order valence-electron chi connectivity index (χ0n) is 6.78. The van der Waals surface area contributed by atoms with E-state index in [0.717, 1.165) is 12.8 Å². The number of hydrogen-bond acceptors (Lipinski definition) is 4. The molecule has 70 valence electrons. The van der Waals surface area contributed by atoms with Gasteiger partial charge in [-0.05, 0) is 18.9 Å². The lowest BCUT2D eigenvalue weighted by atomic mass is 10.2. The van der Waals surface area contributed by atoms with Crippen molar-refractivity contribution in [3.8, 4) is 0 Å². The minimum atomic E-state index is -3.57. The predicted octanol–water partition coefficient (Wildman–Crippen LogP) is 0.947. The molecule has 0 atom stereocenters. The second-order valence-corrected chi connectivity index (χ2v) is 3.87. The predicted molar refractivity (Wildman–Crippen MR) is 47.6 cm³/mol. The fourth-order valence-corrected chi connectivity index (χ4v) is 1.83. The summed E-state index contributed by atoms with van der Waals surface area (Å²) in [5, 5.41) is 0. The van der Waals surface area contributed by atoms with Crippen LogP contribution in [0, 0.1) is 0 Å². The monoisotopic (exact) mass is 191 g/mol. The smallest absolute Gasteiger partial charge is 0.192 e. The van der Waals surface area contributed by atoms with Gasteiger partial charge in [0.05, 0.1) is 4.91 Å². The van der Waals surface area contributed by atoms with E-state index in [0.29, 0.717) is 0 Å². The summed E-state index contributed by atoms with van der Waals surface area (Å²) in [6.45, 7) is 0. The lowest BCUT2D eigenvalue weighted by molar-refractivity contribution is 0.235. The van der Waals surface area contributed by atoms with Crippen LogP contribution in [0.25, 0.3) is 0 Å². The standard InChI is InChI=1S/C7H11NO3S.H2/c1-8-11-12(9,10)7-5-3-2-4-6-7;/h3,5-6,8H,2,4H2,1H3;1H. The van der Waals surface area contributed by atoms with Crippen molar-refractivity contribution in [3.05, 3.63) is 23.1 Å². The van der Waals surface area contributed by atoms with Crippen LogP contribution in [0.5, 0.6) is 0 Å². The normalized spacial score (nSPS) is 17.6. The van der Waals surface area contributed by atoms with Crippen molar-refractivity contribution in [2.45, 2.75) is 12.8 Å². The van der Waals surface area contributed by atoms with Gasteiger partial charge in [0.25, 0.3) is 0 Å².